The van der Waals surface area contributed by atoms with Crippen LogP contribution in [0, 0.1) is 6.92 Å². The SMILES string of the molecule is COc1ccc(-c2cc(C(=O)NCC(=O)Nc3cc(C)on3)[nH]c(=O)n2)cc1. The van der Waals surface area contributed by atoms with Gasteiger partial charge < -0.3 is 24.9 Å². The molecule has 0 saturated carbocycles. The topological polar surface area (TPSA) is 139 Å². The van der Waals surface area contributed by atoms with Gasteiger partial charge in [-0.15, -0.1) is 0 Å². The third kappa shape index (κ3) is 4.61. The number of nitrogens with one attached hydrogen (secondary N) is 3. The summed E-state index contributed by atoms with van der Waals surface area (Å²) in [6, 6.07) is 9.84. The van der Waals surface area contributed by atoms with Crippen LogP contribution in [0.2, 0.25) is 0 Å². The molecule has 0 aliphatic heterocycles. The monoisotopic (exact) mass is 383 g/mol. The van der Waals surface area contributed by atoms with E-state index in [1.807, 2.05) is 0 Å². The maximum atomic E-state index is 12.3. The maximum Gasteiger partial charge on any atom is 0.346 e. The highest BCUT2D eigenvalue weighted by Crippen LogP contribution is 2.20. The molecule has 3 N–H and O–H groups in total. The van der Waals surface area contributed by atoms with Crippen LogP contribution in [0.3, 0.4) is 0 Å². The highest BCUT2D eigenvalue weighted by atomic mass is 16.5. The molecule has 0 aliphatic carbocycles. The van der Waals surface area contributed by atoms with Crippen LogP contribution in [0.25, 0.3) is 11.3 Å². The Bertz CT molecular complexity index is 1050. The van der Waals surface area contributed by atoms with Crippen molar-refractivity contribution in [1.29, 1.82) is 0 Å². The number of aromatic amines is 1. The molecule has 3 rings (SSSR count). The maximum absolute atomic E-state index is 12.3. The summed E-state index contributed by atoms with van der Waals surface area (Å²) in [7, 11) is 1.54. The van der Waals surface area contributed by atoms with Gasteiger partial charge in [0.25, 0.3) is 5.91 Å². The summed E-state index contributed by atoms with van der Waals surface area (Å²) in [6.07, 6.45) is 0. The minimum atomic E-state index is -0.680. The van der Waals surface area contributed by atoms with Gasteiger partial charge in [-0.3, -0.25) is 9.59 Å². The molecule has 0 radical (unpaired) electrons. The summed E-state index contributed by atoms with van der Waals surface area (Å²) in [4.78, 5) is 42.2. The van der Waals surface area contributed by atoms with E-state index in [0.717, 1.165) is 0 Å². The second-order valence-electron chi connectivity index (χ2n) is 5.77. The van der Waals surface area contributed by atoms with Gasteiger partial charge in [0.05, 0.1) is 19.3 Å². The van der Waals surface area contributed by atoms with Gasteiger partial charge in [-0.05, 0) is 37.3 Å². The number of carbonyl (C=O) groups is 2. The van der Waals surface area contributed by atoms with Crippen molar-refractivity contribution in [1.82, 2.24) is 20.4 Å². The van der Waals surface area contributed by atoms with Crippen molar-refractivity contribution >= 4 is 17.6 Å². The van der Waals surface area contributed by atoms with Crippen LogP contribution in [0.5, 0.6) is 5.75 Å². The molecule has 0 fully saturated rings. The number of rotatable bonds is 6. The van der Waals surface area contributed by atoms with Crippen LogP contribution in [-0.4, -0.2) is 40.6 Å². The lowest BCUT2D eigenvalue weighted by atomic mass is 10.1. The van der Waals surface area contributed by atoms with Crippen LogP contribution in [-0.2, 0) is 4.79 Å². The van der Waals surface area contributed by atoms with E-state index in [0.29, 0.717) is 22.8 Å². The molecule has 0 bridgehead atoms. The summed E-state index contributed by atoms with van der Waals surface area (Å²) in [5.74, 6) is 0.324. The number of aryl methyl sites for hydroxylation is 1. The van der Waals surface area contributed by atoms with Gasteiger partial charge in [0, 0.05) is 11.6 Å². The molecular formula is C18H17N5O5. The lowest BCUT2D eigenvalue weighted by Crippen LogP contribution is -2.34. The smallest absolute Gasteiger partial charge is 0.346 e. The number of nitrogens with zero attached hydrogens (tertiary/aromatic N) is 2. The lowest BCUT2D eigenvalue weighted by Gasteiger charge is -2.07. The van der Waals surface area contributed by atoms with E-state index in [-0.39, 0.29) is 18.1 Å². The summed E-state index contributed by atoms with van der Waals surface area (Å²) < 4.78 is 9.92. The number of benzene rings is 1. The Labute approximate surface area is 158 Å². The Hall–Kier alpha value is -3.95. The minimum Gasteiger partial charge on any atom is -0.497 e. The molecule has 10 heteroatoms. The highest BCUT2D eigenvalue weighted by molar-refractivity contribution is 5.98. The Morgan fingerprint density at radius 3 is 2.61 bits per heavy atom. The fourth-order valence-electron chi connectivity index (χ4n) is 2.36. The summed E-state index contributed by atoms with van der Waals surface area (Å²) in [6.45, 7) is 1.37. The Morgan fingerprint density at radius 2 is 1.96 bits per heavy atom. The van der Waals surface area contributed by atoms with Gasteiger partial charge in [-0.25, -0.2) is 4.79 Å². The second-order valence-corrected chi connectivity index (χ2v) is 5.77. The zero-order valence-corrected chi connectivity index (χ0v) is 15.1. The van der Waals surface area contributed by atoms with Crippen molar-refractivity contribution in [3.8, 4) is 17.0 Å². The molecule has 3 aromatic rings. The number of carbonyl (C=O) groups excluding carboxylic acids is 2. The van der Waals surface area contributed by atoms with Crippen LogP contribution < -0.4 is 21.1 Å². The minimum absolute atomic E-state index is 0.0177. The van der Waals surface area contributed by atoms with E-state index in [1.165, 1.54) is 6.07 Å². The van der Waals surface area contributed by atoms with Crippen molar-refractivity contribution in [3.63, 3.8) is 0 Å². The number of aromatic nitrogens is 3. The molecule has 144 valence electrons. The molecule has 0 atom stereocenters. The Kier molecular flexibility index (Phi) is 5.49. The summed E-state index contributed by atoms with van der Waals surface area (Å²) >= 11 is 0. The zero-order chi connectivity index (χ0) is 20.1. The fraction of sp³-hybridized carbons (Fsp3) is 0.167. The first-order chi connectivity index (χ1) is 13.4. The van der Waals surface area contributed by atoms with Crippen LogP contribution >= 0.6 is 0 Å². The third-order valence-electron chi connectivity index (χ3n) is 3.68. The number of hydrogen-bond donors (Lipinski definition) is 3. The quantitative estimate of drug-likeness (QED) is 0.579. The van der Waals surface area contributed by atoms with Gasteiger partial charge in [0.15, 0.2) is 5.82 Å². The van der Waals surface area contributed by atoms with Crippen molar-refractivity contribution in [3.05, 3.63) is 58.3 Å². The van der Waals surface area contributed by atoms with Crippen molar-refractivity contribution in [2.24, 2.45) is 0 Å². The first kappa shape index (κ1) is 18.8. The normalized spacial score (nSPS) is 10.4. The third-order valence-corrected chi connectivity index (χ3v) is 3.68. The first-order valence-corrected chi connectivity index (χ1v) is 8.22. The predicted octanol–water partition coefficient (Wildman–Crippen LogP) is 1.11. The van der Waals surface area contributed by atoms with Gasteiger partial charge in [-0.2, -0.15) is 4.98 Å². The van der Waals surface area contributed by atoms with Gasteiger partial charge in [0.2, 0.25) is 5.91 Å². The molecule has 2 amide bonds. The molecule has 0 saturated heterocycles. The first-order valence-electron chi connectivity index (χ1n) is 8.22. The van der Waals surface area contributed by atoms with E-state index < -0.39 is 17.5 Å². The molecule has 28 heavy (non-hydrogen) atoms. The number of ether oxygens (including phenoxy) is 1. The molecule has 0 spiro atoms. The second kappa shape index (κ2) is 8.16. The molecule has 0 aliphatic rings. The number of anilines is 1. The Morgan fingerprint density at radius 1 is 1.21 bits per heavy atom. The van der Waals surface area contributed by atoms with Crippen LogP contribution in [0.15, 0.2) is 45.7 Å². The van der Waals surface area contributed by atoms with Crippen molar-refractivity contribution in [2.75, 3.05) is 19.0 Å². The highest BCUT2D eigenvalue weighted by Gasteiger charge is 2.13. The number of methoxy groups -OCH3 is 1. The lowest BCUT2D eigenvalue weighted by molar-refractivity contribution is -0.115. The van der Waals surface area contributed by atoms with E-state index in [4.69, 9.17) is 9.26 Å². The number of amides is 2. The number of hydrogen-bond acceptors (Lipinski definition) is 7. The summed E-state index contributed by atoms with van der Waals surface area (Å²) in [5, 5.41) is 8.52. The summed E-state index contributed by atoms with van der Waals surface area (Å²) in [5.41, 5.74) is 0.260. The average molecular weight is 383 g/mol. The zero-order valence-electron chi connectivity index (χ0n) is 15.1. The van der Waals surface area contributed by atoms with E-state index in [2.05, 4.69) is 25.8 Å². The van der Waals surface area contributed by atoms with E-state index in [1.54, 1.807) is 44.4 Å². The van der Waals surface area contributed by atoms with Crippen LogP contribution in [0.1, 0.15) is 16.2 Å². The molecule has 2 heterocycles. The molecule has 1 aromatic carbocycles. The van der Waals surface area contributed by atoms with Gasteiger partial charge in [0.1, 0.15) is 17.2 Å². The standard InChI is InChI=1S/C18H17N5O5/c1-10-7-15(23-28-10)22-16(24)9-19-17(25)14-8-13(20-18(26)21-14)11-3-5-12(27-2)6-4-11/h3-8H,9H2,1-2H3,(H,19,25)(H,20,21,26)(H,22,23,24). The van der Waals surface area contributed by atoms with Crippen molar-refractivity contribution in [2.45, 2.75) is 6.92 Å². The van der Waals surface area contributed by atoms with Crippen molar-refractivity contribution < 1.29 is 18.8 Å². The molecule has 0 unspecified atom stereocenters. The fourth-order valence-corrected chi connectivity index (χ4v) is 2.36. The van der Waals surface area contributed by atoms with Crippen LogP contribution in [0.4, 0.5) is 5.82 Å². The van der Waals surface area contributed by atoms with Gasteiger partial charge in [-0.1, -0.05) is 5.16 Å². The van der Waals surface area contributed by atoms with E-state index >= 15 is 0 Å². The predicted molar refractivity (Wildman–Crippen MR) is 99.0 cm³/mol. The average Bonchev–Trinajstić information content (AvgIpc) is 3.10. The van der Waals surface area contributed by atoms with Gasteiger partial charge >= 0.3 is 5.69 Å². The Balaban J connectivity index is 1.68. The molecule has 2 aromatic heterocycles. The largest absolute Gasteiger partial charge is 0.497 e. The van der Waals surface area contributed by atoms with E-state index in [9.17, 15) is 14.4 Å². The molecule has 10 nitrogen and oxygen atoms in total. The molecular weight excluding hydrogens is 366 g/mol. The number of H-pyrrole nitrogens is 1.